The van der Waals surface area contributed by atoms with Crippen LogP contribution < -0.4 is 4.40 Å². The molecule has 11 aromatic rings. The second-order valence-electron chi connectivity index (χ2n) is 20.8. The average molecular weight is 1180 g/mol. The standard InChI is InChI=1S/C47H37N2S.C18H24GeN.Ir/c1-29(2)38-26-36(31-12-6-5-7-13-31)27-39(30(3)4)46(38)49-44-17-11-10-16-43(44)48-47(49)42-28-50-45-23-22-35(25-41(42)45)34-21-20-33-19-18-32-14-8-9-15-37(32)40(33)24-34;1-14(2)11-16-12-18(15-9-7-6-8-10-15)20-13-17(16)19(3,4)5;/h5-27,29-30H,1-4H3;6-9,12-14H,11H2,1-5H3;/q2*-1;. The number of para-hydroxylation sites is 2. The summed E-state index contributed by atoms with van der Waals surface area (Å²) in [7, 11) is 0. The van der Waals surface area contributed by atoms with E-state index in [2.05, 4.69) is 233 Å². The van der Waals surface area contributed by atoms with Crippen molar-refractivity contribution in [3.05, 3.63) is 204 Å². The summed E-state index contributed by atoms with van der Waals surface area (Å²) >= 11 is -0.185. The molecule has 0 atom stereocenters. The van der Waals surface area contributed by atoms with Crippen LogP contribution in [-0.4, -0.2) is 27.8 Å². The Morgan fingerprint density at radius 3 is 1.92 bits per heavy atom. The first-order chi connectivity index (χ1) is 33.8. The number of benzene rings is 8. The monoisotopic (exact) mass is 1180 g/mol. The minimum absolute atomic E-state index is 0. The first-order valence-corrected chi connectivity index (χ1v) is 33.0. The molecule has 0 N–H and O–H groups in total. The molecule has 3 aromatic heterocycles. The van der Waals surface area contributed by atoms with Gasteiger partial charge in [-0.2, -0.15) is 0 Å². The van der Waals surface area contributed by atoms with Gasteiger partial charge in [-0.3, -0.25) is 16.3 Å². The number of fused-ring (bicyclic) bond motifs is 5. The molecule has 0 aliphatic heterocycles. The van der Waals surface area contributed by atoms with E-state index in [1.54, 1.807) is 15.7 Å². The molecule has 0 bridgehead atoms. The summed E-state index contributed by atoms with van der Waals surface area (Å²) in [4.78, 5) is 10.1. The van der Waals surface area contributed by atoms with Crippen LogP contribution in [0.4, 0.5) is 0 Å². The second kappa shape index (κ2) is 21.0. The van der Waals surface area contributed by atoms with Crippen LogP contribution in [0.25, 0.3) is 93.3 Å². The largest absolute Gasteiger partial charge is 0.333 e. The van der Waals surface area contributed by atoms with Crippen molar-refractivity contribution in [3.8, 4) is 50.6 Å². The summed E-state index contributed by atoms with van der Waals surface area (Å²) in [6, 6.07) is 64.6. The molecule has 71 heavy (non-hydrogen) atoms. The van der Waals surface area contributed by atoms with Crippen LogP contribution in [0.15, 0.2) is 176 Å². The first-order valence-electron chi connectivity index (χ1n) is 24.9. The number of nitrogens with zero attached hydrogens (tertiary/aromatic N) is 3. The molecule has 0 amide bonds. The van der Waals surface area contributed by atoms with Crippen molar-refractivity contribution in [3.63, 3.8) is 0 Å². The van der Waals surface area contributed by atoms with Gasteiger partial charge in [0.05, 0.1) is 16.9 Å². The molecule has 0 spiro atoms. The van der Waals surface area contributed by atoms with Crippen molar-refractivity contribution >= 4 is 71.7 Å². The van der Waals surface area contributed by atoms with Gasteiger partial charge in [0.2, 0.25) is 0 Å². The van der Waals surface area contributed by atoms with Gasteiger partial charge in [-0.05, 0) is 97.1 Å². The molecule has 0 saturated heterocycles. The Morgan fingerprint density at radius 2 is 1.23 bits per heavy atom. The van der Waals surface area contributed by atoms with Gasteiger partial charge in [0.25, 0.3) is 0 Å². The smallest absolute Gasteiger partial charge is 0.0774 e. The van der Waals surface area contributed by atoms with Crippen molar-refractivity contribution in [1.82, 2.24) is 14.5 Å². The minimum atomic E-state index is -1.86. The molecular weight excluding hydrogens is 1120 g/mol. The van der Waals surface area contributed by atoms with E-state index in [0.29, 0.717) is 17.8 Å². The summed E-state index contributed by atoms with van der Waals surface area (Å²) in [6.45, 7) is 13.8. The third-order valence-corrected chi connectivity index (χ3v) is 18.7. The SMILES string of the molecule is CC(C)Cc1cc(-c2[c-]cccc2)nc[c]1[Ge]([CH3])([CH3])[CH3].CC(C)c1cc(-c2ccccc2)cc(C(C)C)c1-n1c(-c2[c-]sc3ccc(-c4ccc5ccc6ccccc6c5c4)cc23)nc2ccccc21.[Ir]. The number of thiophene rings is 1. The molecule has 0 saturated carbocycles. The topological polar surface area (TPSA) is 30.7 Å². The predicted octanol–water partition coefficient (Wildman–Crippen LogP) is 17.9. The second-order valence-corrected chi connectivity index (χ2v) is 32.2. The number of hydrogen-bond acceptors (Lipinski definition) is 3. The Morgan fingerprint density at radius 1 is 0.592 bits per heavy atom. The molecule has 3 heterocycles. The quantitative estimate of drug-likeness (QED) is 0.0776. The molecule has 11 rings (SSSR count). The van der Waals surface area contributed by atoms with Crippen LogP contribution in [0, 0.1) is 17.4 Å². The number of hydrogen-bond donors (Lipinski definition) is 0. The molecule has 3 nitrogen and oxygen atoms in total. The van der Waals surface area contributed by atoms with Gasteiger partial charge >= 0.3 is 126 Å². The molecule has 8 aromatic carbocycles. The molecular formula is C65H61GeIrN3S-2. The van der Waals surface area contributed by atoms with Gasteiger partial charge in [-0.1, -0.05) is 153 Å². The van der Waals surface area contributed by atoms with Crippen LogP contribution in [0.1, 0.15) is 70.1 Å². The first kappa shape index (κ1) is 50.0. The van der Waals surface area contributed by atoms with E-state index in [-0.39, 0.29) is 20.1 Å². The average Bonchev–Trinajstić information content (AvgIpc) is 3.97. The van der Waals surface area contributed by atoms with E-state index in [4.69, 9.17) is 9.97 Å². The van der Waals surface area contributed by atoms with E-state index < -0.39 is 13.3 Å². The number of pyridine rings is 1. The van der Waals surface area contributed by atoms with E-state index in [1.165, 1.54) is 76.3 Å². The van der Waals surface area contributed by atoms with E-state index in [0.717, 1.165) is 40.1 Å². The van der Waals surface area contributed by atoms with Gasteiger partial charge in [0.15, 0.2) is 0 Å². The molecule has 0 fully saturated rings. The van der Waals surface area contributed by atoms with Crippen LogP contribution >= 0.6 is 11.3 Å². The molecule has 0 aliphatic rings. The molecule has 1 radical (unpaired) electrons. The van der Waals surface area contributed by atoms with Gasteiger partial charge in [0, 0.05) is 25.8 Å². The molecule has 0 aliphatic carbocycles. The summed E-state index contributed by atoms with van der Waals surface area (Å²) < 4.78 is 5.18. The van der Waals surface area contributed by atoms with Crippen molar-refractivity contribution in [1.29, 1.82) is 0 Å². The maximum Gasteiger partial charge on any atom is 0.0774 e. The zero-order chi connectivity index (χ0) is 48.7. The van der Waals surface area contributed by atoms with Crippen LogP contribution in [-0.2, 0) is 26.5 Å². The summed E-state index contributed by atoms with van der Waals surface area (Å²) in [5.41, 5.74) is 15.6. The number of aromatic nitrogens is 3. The van der Waals surface area contributed by atoms with Crippen LogP contribution in [0.2, 0.25) is 17.3 Å². The third kappa shape index (κ3) is 10.3. The van der Waals surface area contributed by atoms with E-state index in [1.807, 2.05) is 18.2 Å². The van der Waals surface area contributed by atoms with Gasteiger partial charge < -0.3 is 4.57 Å². The minimum Gasteiger partial charge on any atom is -0.333 e. The van der Waals surface area contributed by atoms with Gasteiger partial charge in [-0.15, -0.1) is 5.39 Å². The zero-order valence-electron chi connectivity index (χ0n) is 42.3. The van der Waals surface area contributed by atoms with Gasteiger partial charge in [0.1, 0.15) is 0 Å². The van der Waals surface area contributed by atoms with Crippen molar-refractivity contribution in [2.24, 2.45) is 5.92 Å². The number of rotatable bonds is 10. The zero-order valence-corrected chi connectivity index (χ0v) is 47.6. The summed E-state index contributed by atoms with van der Waals surface area (Å²) in [5, 5.41) is 9.99. The third-order valence-electron chi connectivity index (χ3n) is 13.5. The fourth-order valence-corrected chi connectivity index (χ4v) is 14.2. The maximum absolute atomic E-state index is 5.38. The molecule has 357 valence electrons. The van der Waals surface area contributed by atoms with Crippen molar-refractivity contribution < 1.29 is 20.1 Å². The normalized spacial score (nSPS) is 11.8. The maximum atomic E-state index is 5.38. The van der Waals surface area contributed by atoms with E-state index in [9.17, 15) is 0 Å². The Bertz CT molecular complexity index is 3630. The van der Waals surface area contributed by atoms with Crippen molar-refractivity contribution in [2.45, 2.75) is 77.1 Å². The Hall–Kier alpha value is -5.95. The Balaban J connectivity index is 0.000000251. The predicted molar refractivity (Wildman–Crippen MR) is 305 cm³/mol. The molecule has 0 unspecified atom stereocenters. The fourth-order valence-electron chi connectivity index (χ4n) is 10.0. The van der Waals surface area contributed by atoms with E-state index >= 15 is 0 Å². The Kier molecular flexibility index (Phi) is 14.8. The molecule has 6 heteroatoms. The number of imidazole rings is 1. The Labute approximate surface area is 440 Å². The van der Waals surface area contributed by atoms with Crippen LogP contribution in [0.5, 0.6) is 0 Å². The van der Waals surface area contributed by atoms with Gasteiger partial charge in [-0.25, -0.2) is 0 Å². The fraction of sp³-hybridized carbons (Fsp3) is 0.200. The summed E-state index contributed by atoms with van der Waals surface area (Å²) in [6.07, 6.45) is 3.27. The van der Waals surface area contributed by atoms with Crippen LogP contribution in [0.3, 0.4) is 0 Å². The summed E-state index contributed by atoms with van der Waals surface area (Å²) in [5.74, 6) is 9.54. The van der Waals surface area contributed by atoms with Crippen molar-refractivity contribution in [2.75, 3.05) is 0 Å².